The van der Waals surface area contributed by atoms with Crippen LogP contribution >= 0.6 is 11.9 Å². The van der Waals surface area contributed by atoms with Crippen molar-refractivity contribution >= 4 is 62.9 Å². The van der Waals surface area contributed by atoms with E-state index in [-0.39, 0.29) is 16.5 Å². The summed E-state index contributed by atoms with van der Waals surface area (Å²) in [4.78, 5) is 15.4. The molecule has 1 aromatic rings. The molecule has 1 heterocycles. The van der Waals surface area contributed by atoms with Crippen LogP contribution in [0.3, 0.4) is 0 Å². The van der Waals surface area contributed by atoms with Gasteiger partial charge in [0, 0.05) is 10.9 Å². The van der Waals surface area contributed by atoms with E-state index in [1.165, 1.54) is 35.1 Å². The maximum absolute atomic E-state index is 12.8. The lowest BCUT2D eigenvalue weighted by Gasteiger charge is -2.51. The van der Waals surface area contributed by atoms with Crippen molar-refractivity contribution < 1.29 is 4.79 Å². The van der Waals surface area contributed by atoms with Gasteiger partial charge < -0.3 is 10.2 Å². The summed E-state index contributed by atoms with van der Waals surface area (Å²) in [5, 5.41) is 4.18. The highest BCUT2D eigenvalue weighted by atomic mass is 32.2. The maximum Gasteiger partial charge on any atom is 0.329 e. The molecule has 0 spiro atoms. The first-order valence-electron chi connectivity index (χ1n) is 11.8. The standard InChI is InChI=1S/C20H34B5N3OS/c21-19(22,23)20(24,25)28-9-7-14(8-10-28)30-27-18(29)26-17-15-5-1-3-12(15)11-13-4-2-6-16(13)17/h11,14H,1-10,21-25H2,(H2,26,27,29). The fourth-order valence-electron chi connectivity index (χ4n) is 5.25. The van der Waals surface area contributed by atoms with Crippen molar-refractivity contribution in [2.75, 3.05) is 18.4 Å². The number of carbonyl (C=O) groups is 1. The number of benzene rings is 1. The molecule has 10 heteroatoms. The highest BCUT2D eigenvalue weighted by molar-refractivity contribution is 7.98. The minimum Gasteiger partial charge on any atom is -0.315 e. The normalized spacial score (nSPS) is 20.0. The van der Waals surface area contributed by atoms with E-state index in [9.17, 15) is 4.79 Å². The SMILES string of the molecule is BC(B)(B)C(B)(B)N1CCC(SNC(=O)Nc2c3c(cc4c2CCC4)CCC3)CC1. The number of likely N-dealkylation sites (tertiary alicyclic amines) is 1. The first-order valence-corrected chi connectivity index (χ1v) is 12.7. The zero-order valence-electron chi connectivity index (χ0n) is 19.5. The van der Waals surface area contributed by atoms with Gasteiger partial charge in [-0.2, -0.15) is 0 Å². The number of nitrogens with zero attached hydrogens (tertiary/aromatic N) is 1. The van der Waals surface area contributed by atoms with Crippen molar-refractivity contribution in [1.29, 1.82) is 0 Å². The minimum atomic E-state index is -0.0492. The molecule has 156 valence electrons. The number of aryl methyl sites for hydroxylation is 2. The number of hydrogen-bond acceptors (Lipinski definition) is 3. The van der Waals surface area contributed by atoms with Crippen molar-refractivity contribution in [2.45, 2.75) is 67.1 Å². The average Bonchev–Trinajstić information content (AvgIpc) is 3.35. The van der Waals surface area contributed by atoms with Gasteiger partial charge in [-0.05, 0) is 98.7 Å². The third-order valence-electron chi connectivity index (χ3n) is 8.10. The Balaban J connectivity index is 1.31. The van der Waals surface area contributed by atoms with Crippen LogP contribution < -0.4 is 10.0 Å². The molecule has 0 saturated carbocycles. The molecule has 30 heavy (non-hydrogen) atoms. The monoisotopic (exact) mass is 419 g/mol. The van der Waals surface area contributed by atoms with Gasteiger partial charge in [0.2, 0.25) is 0 Å². The van der Waals surface area contributed by atoms with Crippen LogP contribution in [0.15, 0.2) is 6.07 Å². The number of carbonyl (C=O) groups excluding carboxylic acids is 1. The summed E-state index contributed by atoms with van der Waals surface area (Å²) in [7, 11) is 11.7. The lowest BCUT2D eigenvalue weighted by atomic mass is 9.26. The molecule has 4 nitrogen and oxygen atoms in total. The molecule has 1 aromatic carbocycles. The van der Waals surface area contributed by atoms with Crippen LogP contribution in [-0.2, 0) is 25.7 Å². The maximum atomic E-state index is 12.8. The average molecular weight is 419 g/mol. The molecule has 2 N–H and O–H groups in total. The highest BCUT2D eigenvalue weighted by Gasteiger charge is 2.39. The third kappa shape index (κ3) is 4.36. The Bertz CT molecular complexity index is 789. The molecule has 0 atom stereocenters. The van der Waals surface area contributed by atoms with E-state index in [1.54, 1.807) is 11.9 Å². The van der Waals surface area contributed by atoms with Gasteiger partial charge in [-0.25, -0.2) is 4.79 Å². The van der Waals surface area contributed by atoms with Crippen molar-refractivity contribution in [1.82, 2.24) is 9.62 Å². The Morgan fingerprint density at radius 3 is 2.07 bits per heavy atom. The molecule has 0 bridgehead atoms. The number of fused-ring (bicyclic) bond motifs is 2. The highest BCUT2D eigenvalue weighted by Crippen LogP contribution is 2.39. The predicted molar refractivity (Wildman–Crippen MR) is 143 cm³/mol. The molecule has 1 saturated heterocycles. The molecule has 3 aliphatic rings. The second-order valence-electron chi connectivity index (χ2n) is 10.9. The Kier molecular flexibility index (Phi) is 6.38. The molecule has 2 amide bonds. The van der Waals surface area contributed by atoms with Crippen molar-refractivity contribution in [3.8, 4) is 0 Å². The Morgan fingerprint density at radius 1 is 0.967 bits per heavy atom. The molecule has 0 unspecified atom stereocenters. The Morgan fingerprint density at radius 2 is 1.53 bits per heavy atom. The lowest BCUT2D eigenvalue weighted by Crippen LogP contribution is -2.61. The number of anilines is 1. The van der Waals surface area contributed by atoms with E-state index in [1.807, 2.05) is 0 Å². The topological polar surface area (TPSA) is 44.4 Å². The van der Waals surface area contributed by atoms with Crippen LogP contribution in [0.5, 0.6) is 0 Å². The summed E-state index contributed by atoms with van der Waals surface area (Å²) in [6, 6.07) is 2.36. The van der Waals surface area contributed by atoms with Crippen molar-refractivity contribution in [3.63, 3.8) is 0 Å². The third-order valence-corrected chi connectivity index (χ3v) is 9.21. The van der Waals surface area contributed by atoms with Crippen LogP contribution in [0.1, 0.15) is 47.9 Å². The molecule has 2 aliphatic carbocycles. The zero-order valence-corrected chi connectivity index (χ0v) is 20.3. The lowest BCUT2D eigenvalue weighted by molar-refractivity contribution is 0.187. The fraction of sp³-hybridized carbons (Fsp3) is 0.650. The van der Waals surface area contributed by atoms with E-state index in [4.69, 9.17) is 0 Å². The molecular formula is C20H34B5N3OS. The second-order valence-corrected chi connectivity index (χ2v) is 12.0. The molecule has 1 aliphatic heterocycles. The van der Waals surface area contributed by atoms with Gasteiger partial charge >= 0.3 is 6.03 Å². The van der Waals surface area contributed by atoms with Crippen molar-refractivity contribution in [3.05, 3.63) is 28.3 Å². The summed E-state index contributed by atoms with van der Waals surface area (Å²) in [6.45, 7) is 2.20. The van der Waals surface area contributed by atoms with Crippen LogP contribution in [0.2, 0.25) is 5.11 Å². The number of urea groups is 1. The van der Waals surface area contributed by atoms with Gasteiger partial charge in [0.1, 0.15) is 15.7 Å². The van der Waals surface area contributed by atoms with Crippen LogP contribution in [0.25, 0.3) is 0 Å². The van der Waals surface area contributed by atoms with E-state index >= 15 is 0 Å². The van der Waals surface area contributed by atoms with Gasteiger partial charge in [-0.3, -0.25) is 4.72 Å². The first-order chi connectivity index (χ1) is 14.2. The van der Waals surface area contributed by atoms with E-state index in [2.05, 4.69) is 60.2 Å². The minimum absolute atomic E-state index is 0.0492. The quantitative estimate of drug-likeness (QED) is 0.466. The van der Waals surface area contributed by atoms with Crippen LogP contribution in [0.4, 0.5) is 10.5 Å². The molecule has 0 aromatic heterocycles. The summed E-state index contributed by atoms with van der Waals surface area (Å²) in [6.07, 6.45) is 9.22. The van der Waals surface area contributed by atoms with E-state index in [0.29, 0.717) is 5.25 Å². The summed E-state index contributed by atoms with van der Waals surface area (Å²) in [5.41, 5.74) is 6.86. The molecular weight excluding hydrogens is 384 g/mol. The zero-order chi connectivity index (χ0) is 21.5. The number of hydrogen-bond donors (Lipinski definition) is 2. The van der Waals surface area contributed by atoms with Crippen molar-refractivity contribution in [2.24, 2.45) is 0 Å². The number of rotatable bonds is 5. The summed E-state index contributed by atoms with van der Waals surface area (Å²) in [5.74, 6) is 0. The number of nitrogens with one attached hydrogen (secondary N) is 2. The summed E-state index contributed by atoms with van der Waals surface area (Å²) >= 11 is 1.62. The Hall–Kier alpha value is -0.875. The molecule has 1 fully saturated rings. The smallest absolute Gasteiger partial charge is 0.315 e. The van der Waals surface area contributed by atoms with Gasteiger partial charge in [0.05, 0.1) is 23.5 Å². The van der Waals surface area contributed by atoms with E-state index in [0.717, 1.165) is 57.3 Å². The van der Waals surface area contributed by atoms with Crippen LogP contribution in [0, 0.1) is 0 Å². The fourth-order valence-corrected chi connectivity index (χ4v) is 6.02. The number of amides is 2. The largest absolute Gasteiger partial charge is 0.329 e. The Labute approximate surface area is 191 Å². The van der Waals surface area contributed by atoms with E-state index < -0.39 is 0 Å². The van der Waals surface area contributed by atoms with Crippen LogP contribution in [-0.4, -0.2) is 73.8 Å². The molecule has 4 rings (SSSR count). The number of piperidine rings is 1. The second kappa shape index (κ2) is 8.57. The summed E-state index contributed by atoms with van der Waals surface area (Å²) < 4.78 is 3.12. The van der Waals surface area contributed by atoms with Gasteiger partial charge in [-0.1, -0.05) is 11.4 Å². The van der Waals surface area contributed by atoms with Gasteiger partial charge in [-0.15, -0.1) is 5.11 Å². The first kappa shape index (κ1) is 22.3. The molecule has 0 radical (unpaired) electrons. The van der Waals surface area contributed by atoms with Gasteiger partial charge in [0.15, 0.2) is 0 Å². The predicted octanol–water partition coefficient (Wildman–Crippen LogP) is -1.21. The van der Waals surface area contributed by atoms with Gasteiger partial charge in [0.25, 0.3) is 0 Å².